The van der Waals surface area contributed by atoms with Crippen molar-refractivity contribution in [3.05, 3.63) is 0 Å². The SMILES string of the molecule is CC(=O)SCCCCN(C)C(=O)OC(C)(C)C. The third-order valence-corrected chi connectivity index (χ3v) is 2.80. The van der Waals surface area contributed by atoms with E-state index in [1.165, 1.54) is 11.8 Å². The van der Waals surface area contributed by atoms with Crippen molar-refractivity contribution in [1.29, 1.82) is 0 Å². The molecule has 5 heteroatoms. The lowest BCUT2D eigenvalue weighted by Crippen LogP contribution is -2.34. The number of ether oxygens (including phenoxy) is 1. The Morgan fingerprint density at radius 2 is 1.82 bits per heavy atom. The van der Waals surface area contributed by atoms with Gasteiger partial charge in [0, 0.05) is 26.3 Å². The van der Waals surface area contributed by atoms with Crippen molar-refractivity contribution in [2.45, 2.75) is 46.1 Å². The van der Waals surface area contributed by atoms with Gasteiger partial charge in [0.25, 0.3) is 0 Å². The standard InChI is InChI=1S/C12H23NO3S/c1-10(14)17-9-7-6-8-13(5)11(15)16-12(2,3)4/h6-9H2,1-5H3. The predicted octanol–water partition coefficient (Wildman–Crippen LogP) is 2.91. The molecule has 0 bridgehead atoms. The van der Waals surface area contributed by atoms with Crippen LogP contribution in [0.1, 0.15) is 40.5 Å². The molecule has 0 rings (SSSR count). The lowest BCUT2D eigenvalue weighted by atomic mass is 10.2. The number of carbonyl (C=O) groups is 2. The van der Waals surface area contributed by atoms with Gasteiger partial charge in [-0.05, 0) is 33.6 Å². The van der Waals surface area contributed by atoms with Crippen molar-refractivity contribution in [2.75, 3.05) is 19.3 Å². The largest absolute Gasteiger partial charge is 0.444 e. The van der Waals surface area contributed by atoms with Gasteiger partial charge in [-0.15, -0.1) is 0 Å². The number of unbranched alkanes of at least 4 members (excludes halogenated alkanes) is 1. The molecule has 0 aliphatic rings. The van der Waals surface area contributed by atoms with E-state index in [2.05, 4.69) is 0 Å². The van der Waals surface area contributed by atoms with E-state index in [1.54, 1.807) is 18.9 Å². The van der Waals surface area contributed by atoms with Crippen LogP contribution in [-0.2, 0) is 9.53 Å². The van der Waals surface area contributed by atoms with Gasteiger partial charge >= 0.3 is 6.09 Å². The molecule has 0 aliphatic carbocycles. The first-order chi connectivity index (χ1) is 7.72. The Kier molecular flexibility index (Phi) is 7.27. The molecule has 1 amide bonds. The summed E-state index contributed by atoms with van der Waals surface area (Å²) in [7, 11) is 1.73. The number of amides is 1. The number of hydrogen-bond acceptors (Lipinski definition) is 4. The van der Waals surface area contributed by atoms with Crippen LogP contribution in [0.3, 0.4) is 0 Å². The summed E-state index contributed by atoms with van der Waals surface area (Å²) in [6.45, 7) is 7.78. The topological polar surface area (TPSA) is 46.6 Å². The summed E-state index contributed by atoms with van der Waals surface area (Å²) in [5, 5.41) is 0.144. The number of hydrogen-bond donors (Lipinski definition) is 0. The first kappa shape index (κ1) is 16.3. The monoisotopic (exact) mass is 261 g/mol. The molecule has 0 aromatic carbocycles. The van der Waals surface area contributed by atoms with Crippen LogP contribution in [-0.4, -0.2) is 41.1 Å². The summed E-state index contributed by atoms with van der Waals surface area (Å²) in [4.78, 5) is 23.8. The Hall–Kier alpha value is -0.710. The minimum absolute atomic E-state index is 0.144. The molecule has 0 unspecified atom stereocenters. The Labute approximate surface area is 108 Å². The number of rotatable bonds is 5. The van der Waals surface area contributed by atoms with Crippen molar-refractivity contribution in [3.63, 3.8) is 0 Å². The second kappa shape index (κ2) is 7.58. The van der Waals surface area contributed by atoms with E-state index in [1.807, 2.05) is 20.8 Å². The molecule has 0 N–H and O–H groups in total. The molecule has 0 heterocycles. The van der Waals surface area contributed by atoms with Gasteiger partial charge in [0.15, 0.2) is 5.12 Å². The fourth-order valence-electron chi connectivity index (χ4n) is 1.10. The predicted molar refractivity (Wildman–Crippen MR) is 71.2 cm³/mol. The lowest BCUT2D eigenvalue weighted by Gasteiger charge is -2.24. The zero-order valence-corrected chi connectivity index (χ0v) is 12.2. The first-order valence-electron chi connectivity index (χ1n) is 5.80. The summed E-state index contributed by atoms with van der Waals surface area (Å²) in [5.41, 5.74) is -0.449. The van der Waals surface area contributed by atoms with Gasteiger partial charge in [-0.3, -0.25) is 4.79 Å². The normalized spacial score (nSPS) is 11.1. The average Bonchev–Trinajstić information content (AvgIpc) is 2.13. The first-order valence-corrected chi connectivity index (χ1v) is 6.78. The van der Waals surface area contributed by atoms with Crippen LogP contribution in [0.25, 0.3) is 0 Å². The number of nitrogens with zero attached hydrogens (tertiary/aromatic N) is 1. The number of thioether (sulfide) groups is 1. The van der Waals surface area contributed by atoms with Crippen LogP contribution in [0.5, 0.6) is 0 Å². The molecule has 0 aliphatic heterocycles. The molecule has 0 saturated heterocycles. The molecule has 4 nitrogen and oxygen atoms in total. The molecule has 0 atom stereocenters. The summed E-state index contributed by atoms with van der Waals surface area (Å²) < 4.78 is 5.22. The smallest absolute Gasteiger partial charge is 0.410 e. The highest BCUT2D eigenvalue weighted by Gasteiger charge is 2.18. The summed E-state index contributed by atoms with van der Waals surface area (Å²) in [6.07, 6.45) is 1.52. The van der Waals surface area contributed by atoms with Gasteiger partial charge < -0.3 is 9.64 Å². The highest BCUT2D eigenvalue weighted by atomic mass is 32.2. The molecule has 0 spiro atoms. The Balaban J connectivity index is 3.68. The Morgan fingerprint density at radius 3 is 2.29 bits per heavy atom. The van der Waals surface area contributed by atoms with Crippen molar-refractivity contribution < 1.29 is 14.3 Å². The highest BCUT2D eigenvalue weighted by Crippen LogP contribution is 2.10. The molecule has 17 heavy (non-hydrogen) atoms. The van der Waals surface area contributed by atoms with E-state index in [-0.39, 0.29) is 11.2 Å². The number of carbonyl (C=O) groups excluding carboxylic acids is 2. The minimum Gasteiger partial charge on any atom is -0.444 e. The van der Waals surface area contributed by atoms with E-state index < -0.39 is 5.60 Å². The van der Waals surface area contributed by atoms with Gasteiger partial charge in [0.05, 0.1) is 0 Å². The Morgan fingerprint density at radius 1 is 1.24 bits per heavy atom. The maximum atomic E-state index is 11.6. The molecule has 0 radical (unpaired) electrons. The van der Waals surface area contributed by atoms with Gasteiger partial charge in [0.1, 0.15) is 5.60 Å². The van der Waals surface area contributed by atoms with E-state index >= 15 is 0 Å². The molecule has 100 valence electrons. The second-order valence-electron chi connectivity index (χ2n) is 4.95. The maximum absolute atomic E-state index is 11.6. The maximum Gasteiger partial charge on any atom is 0.410 e. The lowest BCUT2D eigenvalue weighted by molar-refractivity contribution is -0.109. The van der Waals surface area contributed by atoms with Gasteiger partial charge in [-0.1, -0.05) is 11.8 Å². The molecular weight excluding hydrogens is 238 g/mol. The van der Waals surface area contributed by atoms with Gasteiger partial charge in [0.2, 0.25) is 0 Å². The summed E-state index contributed by atoms with van der Waals surface area (Å²) in [5.74, 6) is 0.817. The highest BCUT2D eigenvalue weighted by molar-refractivity contribution is 8.13. The Bertz CT molecular complexity index is 261. The van der Waals surface area contributed by atoms with Crippen LogP contribution in [0, 0.1) is 0 Å². The van der Waals surface area contributed by atoms with Crippen LogP contribution in [0.2, 0.25) is 0 Å². The summed E-state index contributed by atoms with van der Waals surface area (Å²) >= 11 is 1.33. The second-order valence-corrected chi connectivity index (χ2v) is 6.22. The van der Waals surface area contributed by atoms with Crippen molar-refractivity contribution >= 4 is 23.0 Å². The van der Waals surface area contributed by atoms with Crippen LogP contribution in [0.4, 0.5) is 4.79 Å². The zero-order chi connectivity index (χ0) is 13.5. The third-order valence-electron chi connectivity index (χ3n) is 1.90. The minimum atomic E-state index is -0.449. The zero-order valence-electron chi connectivity index (χ0n) is 11.4. The molecule has 0 aromatic rings. The van der Waals surface area contributed by atoms with Crippen molar-refractivity contribution in [1.82, 2.24) is 4.90 Å². The van der Waals surface area contributed by atoms with Gasteiger partial charge in [-0.2, -0.15) is 0 Å². The average molecular weight is 261 g/mol. The molecule has 0 fully saturated rings. The third kappa shape index (κ3) is 10.2. The summed E-state index contributed by atoms with van der Waals surface area (Å²) in [6, 6.07) is 0. The molecule has 0 aromatic heterocycles. The van der Waals surface area contributed by atoms with Crippen LogP contribution in [0.15, 0.2) is 0 Å². The fourth-order valence-corrected chi connectivity index (χ4v) is 1.73. The van der Waals surface area contributed by atoms with E-state index in [0.29, 0.717) is 6.54 Å². The van der Waals surface area contributed by atoms with Crippen molar-refractivity contribution in [3.8, 4) is 0 Å². The van der Waals surface area contributed by atoms with Crippen LogP contribution < -0.4 is 0 Å². The fraction of sp³-hybridized carbons (Fsp3) is 0.833. The van der Waals surface area contributed by atoms with Crippen molar-refractivity contribution in [2.24, 2.45) is 0 Å². The van der Waals surface area contributed by atoms with E-state index in [0.717, 1.165) is 18.6 Å². The van der Waals surface area contributed by atoms with Gasteiger partial charge in [-0.25, -0.2) is 4.79 Å². The quantitative estimate of drug-likeness (QED) is 0.714. The van der Waals surface area contributed by atoms with E-state index in [9.17, 15) is 9.59 Å². The molecular formula is C12H23NO3S. The van der Waals surface area contributed by atoms with E-state index in [4.69, 9.17) is 4.74 Å². The molecule has 0 saturated carbocycles. The van der Waals surface area contributed by atoms with Crippen LogP contribution >= 0.6 is 11.8 Å².